The maximum absolute atomic E-state index is 12.2. The number of esters is 1. The van der Waals surface area contributed by atoms with Gasteiger partial charge in [0.05, 0.1) is 12.5 Å². The van der Waals surface area contributed by atoms with Crippen LogP contribution in [0.4, 0.5) is 5.13 Å². The van der Waals surface area contributed by atoms with E-state index in [1.165, 1.54) is 16.3 Å². The number of rotatable bonds is 5. The Kier molecular flexibility index (Phi) is 4.69. The second-order valence-corrected chi connectivity index (χ2v) is 5.28. The largest absolute Gasteiger partial charge is 0.461 e. The molecule has 1 amide bonds. The van der Waals surface area contributed by atoms with Gasteiger partial charge in [0, 0.05) is 18.0 Å². The number of carbonyl (C=O) groups is 2. The molecule has 0 bridgehead atoms. The zero-order valence-corrected chi connectivity index (χ0v) is 12.1. The molecule has 0 radical (unpaired) electrons. The topological polar surface area (TPSA) is 91.8 Å². The van der Waals surface area contributed by atoms with Gasteiger partial charge in [0.2, 0.25) is 11.0 Å². The third-order valence-electron chi connectivity index (χ3n) is 3.08. The van der Waals surface area contributed by atoms with E-state index >= 15 is 0 Å². The molecule has 2 unspecified atom stereocenters. The number of hydrazine groups is 1. The number of aliphatic hydroxyl groups is 1. The van der Waals surface area contributed by atoms with Gasteiger partial charge in [-0.1, -0.05) is 0 Å². The van der Waals surface area contributed by atoms with E-state index in [1.54, 1.807) is 12.3 Å². The lowest BCUT2D eigenvalue weighted by Gasteiger charge is -2.12. The highest BCUT2D eigenvalue weighted by molar-refractivity contribution is 7.14. The zero-order chi connectivity index (χ0) is 14.7. The molecule has 2 heterocycles. The number of amides is 1. The number of hydrogen-bond acceptors (Lipinski definition) is 7. The summed E-state index contributed by atoms with van der Waals surface area (Å²) >= 11 is 1.20. The van der Waals surface area contributed by atoms with Gasteiger partial charge < -0.3 is 9.84 Å². The van der Waals surface area contributed by atoms with Crippen LogP contribution < -0.4 is 10.4 Å². The Morgan fingerprint density at radius 1 is 1.65 bits per heavy atom. The molecular weight excluding hydrogens is 282 g/mol. The molecular formula is C12H17N3O4S. The Hall–Kier alpha value is -1.51. The first kappa shape index (κ1) is 14.9. The zero-order valence-electron chi connectivity index (χ0n) is 11.3. The van der Waals surface area contributed by atoms with Crippen molar-refractivity contribution in [2.24, 2.45) is 5.92 Å². The fourth-order valence-corrected chi connectivity index (χ4v) is 2.83. The molecule has 7 nitrogen and oxygen atoms in total. The molecule has 2 atom stereocenters. The number of carbonyl (C=O) groups excluding carboxylic acids is 2. The van der Waals surface area contributed by atoms with Crippen LogP contribution in [0.5, 0.6) is 0 Å². The van der Waals surface area contributed by atoms with Crippen molar-refractivity contribution in [3.05, 3.63) is 11.1 Å². The lowest BCUT2D eigenvalue weighted by atomic mass is 9.99. The maximum Gasteiger partial charge on any atom is 0.357 e. The molecule has 1 aromatic rings. The third-order valence-corrected chi connectivity index (χ3v) is 3.91. The summed E-state index contributed by atoms with van der Waals surface area (Å²) in [5, 5.41) is 12.3. The Labute approximate surface area is 120 Å². The van der Waals surface area contributed by atoms with Crippen LogP contribution >= 0.6 is 11.3 Å². The Morgan fingerprint density at radius 2 is 2.40 bits per heavy atom. The molecule has 0 saturated carbocycles. The van der Waals surface area contributed by atoms with Crippen LogP contribution in [0.25, 0.3) is 0 Å². The number of hydrogen-bond donors (Lipinski definition) is 2. The van der Waals surface area contributed by atoms with Crippen molar-refractivity contribution >= 4 is 28.3 Å². The van der Waals surface area contributed by atoms with Gasteiger partial charge in [-0.3, -0.25) is 4.79 Å². The summed E-state index contributed by atoms with van der Waals surface area (Å²) in [4.78, 5) is 27.9. The fraction of sp³-hybridized carbons (Fsp3) is 0.583. The predicted molar refractivity (Wildman–Crippen MR) is 73.3 cm³/mol. The van der Waals surface area contributed by atoms with Crippen molar-refractivity contribution in [3.63, 3.8) is 0 Å². The van der Waals surface area contributed by atoms with Crippen LogP contribution in [0.2, 0.25) is 0 Å². The molecule has 1 fully saturated rings. The minimum atomic E-state index is -0.499. The van der Waals surface area contributed by atoms with E-state index < -0.39 is 5.97 Å². The normalized spacial score (nSPS) is 22.4. The van der Waals surface area contributed by atoms with Crippen LogP contribution in [0.1, 0.15) is 30.8 Å². The Bertz CT molecular complexity index is 505. The van der Waals surface area contributed by atoms with Crippen molar-refractivity contribution in [1.29, 1.82) is 0 Å². The SMILES string of the molecule is CCOC(=O)c1csc(N2NC(C)C(CCO)C2=O)n1. The standard InChI is InChI=1S/C12H17N3O4S/c1-3-19-11(18)9-6-20-12(13-9)15-10(17)8(4-5-16)7(2)14-15/h6-8,14,16H,3-5H2,1-2H3. The van der Waals surface area contributed by atoms with Gasteiger partial charge in [-0.2, -0.15) is 0 Å². The minimum Gasteiger partial charge on any atom is -0.461 e. The quantitative estimate of drug-likeness (QED) is 0.772. The summed E-state index contributed by atoms with van der Waals surface area (Å²) < 4.78 is 4.86. The van der Waals surface area contributed by atoms with E-state index in [0.717, 1.165) is 0 Å². The summed E-state index contributed by atoms with van der Waals surface area (Å²) in [6, 6.07) is -0.0791. The molecule has 1 aromatic heterocycles. The van der Waals surface area contributed by atoms with E-state index in [1.807, 2.05) is 6.92 Å². The Balaban J connectivity index is 2.13. The number of ether oxygens (including phenoxy) is 1. The summed E-state index contributed by atoms with van der Waals surface area (Å²) in [6.07, 6.45) is 0.402. The first-order valence-corrected chi connectivity index (χ1v) is 7.30. The summed E-state index contributed by atoms with van der Waals surface area (Å²) in [5.41, 5.74) is 3.20. The van der Waals surface area contributed by atoms with E-state index in [2.05, 4.69) is 10.4 Å². The molecule has 1 saturated heterocycles. The average molecular weight is 299 g/mol. The molecule has 1 aliphatic heterocycles. The minimum absolute atomic E-state index is 0.0395. The summed E-state index contributed by atoms with van der Waals surface area (Å²) in [6.45, 7) is 3.83. The molecule has 1 aliphatic rings. The number of thiazole rings is 1. The van der Waals surface area contributed by atoms with Crippen LogP contribution in [-0.2, 0) is 9.53 Å². The first-order chi connectivity index (χ1) is 9.58. The molecule has 2 N–H and O–H groups in total. The average Bonchev–Trinajstić information content (AvgIpc) is 2.99. The van der Waals surface area contributed by atoms with Gasteiger partial charge in [-0.15, -0.1) is 11.3 Å². The molecule has 0 spiro atoms. The highest BCUT2D eigenvalue weighted by Crippen LogP contribution is 2.27. The highest BCUT2D eigenvalue weighted by atomic mass is 32.1. The lowest BCUT2D eigenvalue weighted by Crippen LogP contribution is -2.36. The maximum atomic E-state index is 12.2. The van der Waals surface area contributed by atoms with Gasteiger partial charge in [0.1, 0.15) is 0 Å². The van der Waals surface area contributed by atoms with Crippen molar-refractivity contribution in [2.75, 3.05) is 18.2 Å². The smallest absolute Gasteiger partial charge is 0.357 e. The van der Waals surface area contributed by atoms with E-state index in [4.69, 9.17) is 9.84 Å². The molecule has 110 valence electrons. The Morgan fingerprint density at radius 3 is 3.05 bits per heavy atom. The molecule has 2 rings (SSSR count). The summed E-state index contributed by atoms with van der Waals surface area (Å²) in [5.74, 6) is -0.923. The van der Waals surface area contributed by atoms with Crippen LogP contribution in [0.3, 0.4) is 0 Å². The fourth-order valence-electron chi connectivity index (χ4n) is 2.06. The van der Waals surface area contributed by atoms with Crippen LogP contribution in [0.15, 0.2) is 5.38 Å². The van der Waals surface area contributed by atoms with Crippen LogP contribution in [-0.4, -0.2) is 41.2 Å². The molecule has 0 aliphatic carbocycles. The van der Waals surface area contributed by atoms with Gasteiger partial charge in [-0.25, -0.2) is 20.2 Å². The van der Waals surface area contributed by atoms with E-state index in [9.17, 15) is 9.59 Å². The number of anilines is 1. The monoisotopic (exact) mass is 299 g/mol. The molecule has 20 heavy (non-hydrogen) atoms. The molecule has 8 heteroatoms. The second-order valence-electron chi connectivity index (χ2n) is 4.45. The van der Waals surface area contributed by atoms with Gasteiger partial charge >= 0.3 is 5.97 Å². The number of aliphatic hydroxyl groups excluding tert-OH is 1. The van der Waals surface area contributed by atoms with Crippen LogP contribution in [0, 0.1) is 5.92 Å². The summed E-state index contributed by atoms with van der Waals surface area (Å²) in [7, 11) is 0. The van der Waals surface area contributed by atoms with Crippen molar-refractivity contribution in [2.45, 2.75) is 26.3 Å². The highest BCUT2D eigenvalue weighted by Gasteiger charge is 2.39. The van der Waals surface area contributed by atoms with Gasteiger partial charge in [-0.05, 0) is 20.3 Å². The van der Waals surface area contributed by atoms with Crippen molar-refractivity contribution < 1.29 is 19.4 Å². The third kappa shape index (κ3) is 2.82. The van der Waals surface area contributed by atoms with Crippen molar-refractivity contribution in [1.82, 2.24) is 10.4 Å². The number of nitrogens with one attached hydrogen (secondary N) is 1. The number of aromatic nitrogens is 1. The van der Waals surface area contributed by atoms with Crippen molar-refractivity contribution in [3.8, 4) is 0 Å². The van der Waals surface area contributed by atoms with Gasteiger partial charge in [0.25, 0.3) is 0 Å². The van der Waals surface area contributed by atoms with E-state index in [0.29, 0.717) is 11.6 Å². The predicted octanol–water partition coefficient (Wildman–Crippen LogP) is 0.558. The molecule has 0 aromatic carbocycles. The first-order valence-electron chi connectivity index (χ1n) is 6.42. The van der Waals surface area contributed by atoms with Gasteiger partial charge in [0.15, 0.2) is 5.69 Å². The second kappa shape index (κ2) is 6.29. The number of nitrogens with zero attached hydrogens (tertiary/aromatic N) is 2. The van der Waals surface area contributed by atoms with E-state index in [-0.39, 0.29) is 36.8 Å². The lowest BCUT2D eigenvalue weighted by molar-refractivity contribution is -0.121.